The van der Waals surface area contributed by atoms with Crippen LogP contribution in [0.5, 0.6) is 0 Å². The summed E-state index contributed by atoms with van der Waals surface area (Å²) in [7, 11) is 0. The fourth-order valence-electron chi connectivity index (χ4n) is 3.70. The van der Waals surface area contributed by atoms with E-state index in [9.17, 15) is 24.0 Å². The average Bonchev–Trinajstić information content (AvgIpc) is 2.96. The predicted molar refractivity (Wildman–Crippen MR) is 96.7 cm³/mol. The minimum atomic E-state index is -0.749. The minimum absolute atomic E-state index is 0.0476. The van der Waals surface area contributed by atoms with Gasteiger partial charge in [0.25, 0.3) is 11.8 Å². The molecule has 0 spiro atoms. The van der Waals surface area contributed by atoms with Gasteiger partial charge in [-0.25, -0.2) is 0 Å². The summed E-state index contributed by atoms with van der Waals surface area (Å²) in [5, 5.41) is 2.12. The number of amides is 4. The van der Waals surface area contributed by atoms with Gasteiger partial charge in [0.15, 0.2) is 6.61 Å². The van der Waals surface area contributed by atoms with E-state index in [1.165, 1.54) is 0 Å². The smallest absolute Gasteiger partial charge is 0.308 e. The Kier molecular flexibility index (Phi) is 6.18. The number of likely N-dealkylation sites (tertiary alicyclic amines) is 1. The largest absolute Gasteiger partial charge is 0.456 e. The van der Waals surface area contributed by atoms with Gasteiger partial charge in [-0.3, -0.25) is 34.2 Å². The van der Waals surface area contributed by atoms with Crippen LogP contribution in [0.25, 0.3) is 0 Å². The van der Waals surface area contributed by atoms with Crippen molar-refractivity contribution in [2.24, 2.45) is 11.8 Å². The molecule has 8 heteroatoms. The zero-order valence-corrected chi connectivity index (χ0v) is 15.4. The lowest BCUT2D eigenvalue weighted by Gasteiger charge is -2.19. The molecule has 0 unspecified atom stereocenters. The third-order valence-corrected chi connectivity index (χ3v) is 5.13. The lowest BCUT2D eigenvalue weighted by molar-refractivity contribution is -0.149. The number of nitrogens with zero attached hydrogens (tertiary/aromatic N) is 1. The molecule has 148 valence electrons. The number of benzene rings is 1. The molecule has 2 atom stereocenters. The second-order valence-corrected chi connectivity index (χ2v) is 6.98. The standard InChI is InChI=1S/C20H22N2O6/c23-16(21-18(25)13-6-2-1-3-7-13)12-28-17(24)10-11-22-19(26)14-8-4-5-9-15(14)20(22)27/h1-3,6-7,14-15H,4-5,8-12H2,(H,21,23,25)/t14-,15+. The van der Waals surface area contributed by atoms with Crippen molar-refractivity contribution in [1.82, 2.24) is 10.2 Å². The molecule has 2 aliphatic rings. The van der Waals surface area contributed by atoms with E-state index in [1.54, 1.807) is 30.3 Å². The first-order valence-corrected chi connectivity index (χ1v) is 9.37. The second-order valence-electron chi connectivity index (χ2n) is 6.98. The average molecular weight is 386 g/mol. The van der Waals surface area contributed by atoms with Gasteiger partial charge in [0.2, 0.25) is 11.8 Å². The first-order valence-electron chi connectivity index (χ1n) is 9.37. The molecule has 1 aliphatic carbocycles. The van der Waals surface area contributed by atoms with Crippen molar-refractivity contribution in [3.05, 3.63) is 35.9 Å². The maximum Gasteiger partial charge on any atom is 0.308 e. The Labute approximate surface area is 162 Å². The first kappa shape index (κ1) is 19.7. The van der Waals surface area contributed by atoms with Crippen LogP contribution in [0, 0.1) is 11.8 Å². The van der Waals surface area contributed by atoms with Gasteiger partial charge in [-0.1, -0.05) is 31.0 Å². The molecule has 1 saturated carbocycles. The molecule has 2 fully saturated rings. The van der Waals surface area contributed by atoms with Crippen LogP contribution >= 0.6 is 0 Å². The summed E-state index contributed by atoms with van der Waals surface area (Å²) in [6, 6.07) is 8.17. The van der Waals surface area contributed by atoms with E-state index < -0.39 is 24.4 Å². The molecule has 3 rings (SSSR count). The Morgan fingerprint density at radius 3 is 2.21 bits per heavy atom. The van der Waals surface area contributed by atoms with E-state index in [-0.39, 0.29) is 36.6 Å². The number of ether oxygens (including phenoxy) is 1. The van der Waals surface area contributed by atoms with Crippen LogP contribution in [0.2, 0.25) is 0 Å². The van der Waals surface area contributed by atoms with E-state index in [0.29, 0.717) is 18.4 Å². The van der Waals surface area contributed by atoms with Crippen molar-refractivity contribution in [2.75, 3.05) is 13.2 Å². The van der Waals surface area contributed by atoms with Gasteiger partial charge >= 0.3 is 5.97 Å². The fraction of sp³-hybridized carbons (Fsp3) is 0.450. The Balaban J connectivity index is 1.41. The first-order chi connectivity index (χ1) is 13.5. The number of imide groups is 2. The van der Waals surface area contributed by atoms with Gasteiger partial charge in [-0.05, 0) is 25.0 Å². The zero-order chi connectivity index (χ0) is 20.1. The van der Waals surface area contributed by atoms with E-state index in [0.717, 1.165) is 17.7 Å². The zero-order valence-electron chi connectivity index (χ0n) is 15.4. The van der Waals surface area contributed by atoms with Crippen molar-refractivity contribution in [3.63, 3.8) is 0 Å². The van der Waals surface area contributed by atoms with E-state index in [4.69, 9.17) is 4.74 Å². The van der Waals surface area contributed by atoms with Crippen LogP contribution in [0.15, 0.2) is 30.3 Å². The molecule has 28 heavy (non-hydrogen) atoms. The molecule has 1 aliphatic heterocycles. The van der Waals surface area contributed by atoms with Crippen LogP contribution in [-0.4, -0.2) is 47.6 Å². The predicted octanol–water partition coefficient (Wildman–Crippen LogP) is 1.05. The number of hydrogen-bond donors (Lipinski definition) is 1. The van der Waals surface area contributed by atoms with Crippen molar-refractivity contribution >= 4 is 29.6 Å². The lowest BCUT2D eigenvalue weighted by atomic mass is 9.81. The van der Waals surface area contributed by atoms with Crippen LogP contribution < -0.4 is 5.32 Å². The number of esters is 1. The molecule has 0 bridgehead atoms. The summed E-state index contributed by atoms with van der Waals surface area (Å²) in [6.45, 7) is -0.654. The molecule has 1 heterocycles. The van der Waals surface area contributed by atoms with Gasteiger partial charge in [0, 0.05) is 12.1 Å². The molecule has 8 nitrogen and oxygen atoms in total. The number of nitrogens with one attached hydrogen (secondary N) is 1. The van der Waals surface area contributed by atoms with Crippen molar-refractivity contribution in [2.45, 2.75) is 32.1 Å². The molecular formula is C20H22N2O6. The normalized spacial score (nSPS) is 21.2. The number of carbonyl (C=O) groups excluding carboxylic acids is 5. The minimum Gasteiger partial charge on any atom is -0.456 e. The van der Waals surface area contributed by atoms with E-state index in [1.807, 2.05) is 0 Å². The highest BCUT2D eigenvalue weighted by molar-refractivity contribution is 6.06. The molecule has 1 saturated heterocycles. The molecule has 4 amide bonds. The second kappa shape index (κ2) is 8.77. The summed E-state index contributed by atoms with van der Waals surface area (Å²) in [5.41, 5.74) is 0.315. The topological polar surface area (TPSA) is 110 Å². The Morgan fingerprint density at radius 2 is 1.61 bits per heavy atom. The molecule has 0 aromatic heterocycles. The number of rotatable bonds is 6. The van der Waals surface area contributed by atoms with Crippen molar-refractivity contribution < 1.29 is 28.7 Å². The van der Waals surface area contributed by atoms with Gasteiger partial charge in [0.1, 0.15) is 0 Å². The summed E-state index contributed by atoms with van der Waals surface area (Å²) >= 11 is 0. The number of carbonyl (C=O) groups is 5. The molecule has 1 N–H and O–H groups in total. The van der Waals surface area contributed by atoms with E-state index in [2.05, 4.69) is 5.32 Å². The van der Waals surface area contributed by atoms with Gasteiger partial charge < -0.3 is 4.74 Å². The number of hydrogen-bond acceptors (Lipinski definition) is 6. The Hall–Kier alpha value is -3.03. The SMILES string of the molecule is O=C(COC(=O)CCN1C(=O)[C@H]2CCCC[C@H]2C1=O)NC(=O)c1ccccc1. The van der Waals surface area contributed by atoms with Crippen LogP contribution in [0.4, 0.5) is 0 Å². The van der Waals surface area contributed by atoms with Crippen molar-refractivity contribution in [1.29, 1.82) is 0 Å². The highest BCUT2D eigenvalue weighted by atomic mass is 16.5. The maximum absolute atomic E-state index is 12.3. The third-order valence-electron chi connectivity index (χ3n) is 5.13. The van der Waals surface area contributed by atoms with Gasteiger partial charge in [-0.2, -0.15) is 0 Å². The highest BCUT2D eigenvalue weighted by Gasteiger charge is 2.47. The molecular weight excluding hydrogens is 364 g/mol. The molecule has 1 aromatic rings. The quantitative estimate of drug-likeness (QED) is 0.578. The third kappa shape index (κ3) is 4.44. The van der Waals surface area contributed by atoms with Gasteiger partial charge in [0.05, 0.1) is 18.3 Å². The number of fused-ring (bicyclic) bond motifs is 1. The highest BCUT2D eigenvalue weighted by Crippen LogP contribution is 2.37. The summed E-state index contributed by atoms with van der Waals surface area (Å²) in [5.74, 6) is -2.99. The van der Waals surface area contributed by atoms with Crippen LogP contribution in [0.1, 0.15) is 42.5 Å². The summed E-state index contributed by atoms with van der Waals surface area (Å²) in [4.78, 5) is 61.2. The molecule has 1 aromatic carbocycles. The summed E-state index contributed by atoms with van der Waals surface area (Å²) in [6.07, 6.45) is 3.12. The fourth-order valence-corrected chi connectivity index (χ4v) is 3.70. The Morgan fingerprint density at radius 1 is 1.00 bits per heavy atom. The van der Waals surface area contributed by atoms with Crippen LogP contribution in [0.3, 0.4) is 0 Å². The van der Waals surface area contributed by atoms with Crippen LogP contribution in [-0.2, 0) is 23.9 Å². The van der Waals surface area contributed by atoms with E-state index >= 15 is 0 Å². The lowest BCUT2D eigenvalue weighted by Crippen LogP contribution is -2.35. The molecule has 0 radical (unpaired) electrons. The van der Waals surface area contributed by atoms with Gasteiger partial charge in [-0.15, -0.1) is 0 Å². The Bertz CT molecular complexity index is 767. The monoisotopic (exact) mass is 386 g/mol. The maximum atomic E-state index is 12.3. The summed E-state index contributed by atoms with van der Waals surface area (Å²) < 4.78 is 4.84. The van der Waals surface area contributed by atoms with Crippen molar-refractivity contribution in [3.8, 4) is 0 Å².